The van der Waals surface area contributed by atoms with Crippen molar-refractivity contribution in [1.82, 2.24) is 14.5 Å². The van der Waals surface area contributed by atoms with E-state index < -0.39 is 5.97 Å². The number of ether oxygens (including phenoxy) is 1. The largest absolute Gasteiger partial charge is 0.453 e. The Kier molecular flexibility index (Phi) is 5.04. The number of rotatable bonds is 6. The van der Waals surface area contributed by atoms with Crippen LogP contribution in [0.25, 0.3) is 0 Å². The van der Waals surface area contributed by atoms with Gasteiger partial charge in [0.25, 0.3) is 0 Å². The van der Waals surface area contributed by atoms with Gasteiger partial charge >= 0.3 is 5.97 Å². The van der Waals surface area contributed by atoms with Crippen molar-refractivity contribution in [2.24, 2.45) is 0 Å². The lowest BCUT2D eigenvalue weighted by Crippen LogP contribution is -2.16. The minimum atomic E-state index is -0.649. The highest BCUT2D eigenvalue weighted by molar-refractivity contribution is 6.00. The van der Waals surface area contributed by atoms with Gasteiger partial charge in [0, 0.05) is 35.9 Å². The first-order valence-corrected chi connectivity index (χ1v) is 7.17. The quantitative estimate of drug-likeness (QED) is 0.605. The molecular formula is C16H19N3O3. The molecule has 0 atom stereocenters. The smallest absolute Gasteiger partial charge is 0.358 e. The Labute approximate surface area is 129 Å². The molecular weight excluding hydrogens is 282 g/mol. The van der Waals surface area contributed by atoms with Crippen LogP contribution in [-0.2, 0) is 11.3 Å². The van der Waals surface area contributed by atoms with E-state index in [1.165, 1.54) is 18.6 Å². The van der Waals surface area contributed by atoms with E-state index in [9.17, 15) is 9.59 Å². The minimum absolute atomic E-state index is 0.0896. The molecule has 2 aromatic rings. The molecule has 0 unspecified atom stereocenters. The average molecular weight is 301 g/mol. The highest BCUT2D eigenvalue weighted by Crippen LogP contribution is 2.16. The number of aromatic nitrogens is 3. The maximum Gasteiger partial charge on any atom is 0.358 e. The third-order valence-corrected chi connectivity index (χ3v) is 3.43. The number of ketones is 1. The van der Waals surface area contributed by atoms with Gasteiger partial charge in [0.1, 0.15) is 0 Å². The summed E-state index contributed by atoms with van der Waals surface area (Å²) >= 11 is 0. The van der Waals surface area contributed by atoms with Crippen molar-refractivity contribution in [2.45, 2.75) is 33.7 Å². The Balaban J connectivity index is 2.04. The zero-order valence-electron chi connectivity index (χ0n) is 13.0. The fourth-order valence-corrected chi connectivity index (χ4v) is 2.34. The van der Waals surface area contributed by atoms with Crippen molar-refractivity contribution in [3.8, 4) is 0 Å². The van der Waals surface area contributed by atoms with Crippen LogP contribution in [0.4, 0.5) is 0 Å². The molecule has 0 radical (unpaired) electrons. The summed E-state index contributed by atoms with van der Waals surface area (Å²) in [4.78, 5) is 31.6. The zero-order chi connectivity index (χ0) is 16.1. The zero-order valence-corrected chi connectivity index (χ0v) is 13.0. The molecule has 0 saturated carbocycles. The molecule has 0 saturated heterocycles. The van der Waals surface area contributed by atoms with Crippen LogP contribution in [-0.4, -0.2) is 32.9 Å². The normalized spacial score (nSPS) is 10.5. The standard InChI is InChI=1S/C16H19N3O3/c1-4-7-19-11(2)8-13(12(19)3)15(20)10-22-16(21)14-9-17-5-6-18-14/h5-6,8-9H,4,7,10H2,1-3H3. The van der Waals surface area contributed by atoms with Gasteiger partial charge in [-0.15, -0.1) is 0 Å². The van der Waals surface area contributed by atoms with Gasteiger partial charge in [-0.3, -0.25) is 9.78 Å². The molecule has 0 amide bonds. The van der Waals surface area contributed by atoms with Crippen LogP contribution in [0.3, 0.4) is 0 Å². The van der Waals surface area contributed by atoms with E-state index in [2.05, 4.69) is 21.5 Å². The summed E-state index contributed by atoms with van der Waals surface area (Å²) < 4.78 is 7.10. The first kappa shape index (κ1) is 15.9. The van der Waals surface area contributed by atoms with Crippen LogP contribution in [0, 0.1) is 13.8 Å². The van der Waals surface area contributed by atoms with E-state index in [-0.39, 0.29) is 18.1 Å². The Hall–Kier alpha value is -2.50. The number of hydrogen-bond acceptors (Lipinski definition) is 5. The van der Waals surface area contributed by atoms with Gasteiger partial charge in [-0.05, 0) is 26.3 Å². The summed E-state index contributed by atoms with van der Waals surface area (Å²) in [7, 11) is 0. The van der Waals surface area contributed by atoms with E-state index >= 15 is 0 Å². The molecule has 0 aromatic carbocycles. The van der Waals surface area contributed by atoms with Crippen LogP contribution in [0.5, 0.6) is 0 Å². The van der Waals surface area contributed by atoms with Crippen molar-refractivity contribution in [3.05, 3.63) is 47.3 Å². The summed E-state index contributed by atoms with van der Waals surface area (Å²) in [5.74, 6) is -0.864. The lowest BCUT2D eigenvalue weighted by atomic mass is 10.1. The topological polar surface area (TPSA) is 74.1 Å². The first-order valence-electron chi connectivity index (χ1n) is 7.17. The molecule has 6 heteroatoms. The van der Waals surface area contributed by atoms with Gasteiger partial charge < -0.3 is 9.30 Å². The van der Waals surface area contributed by atoms with Crippen LogP contribution in [0.15, 0.2) is 24.7 Å². The molecule has 116 valence electrons. The third kappa shape index (κ3) is 3.39. The number of nitrogens with zero attached hydrogens (tertiary/aromatic N) is 3. The second kappa shape index (κ2) is 6.98. The molecule has 0 aliphatic rings. The van der Waals surface area contributed by atoms with E-state index in [1.54, 1.807) is 0 Å². The number of esters is 1. The highest BCUT2D eigenvalue weighted by Gasteiger charge is 2.18. The Morgan fingerprint density at radius 1 is 1.27 bits per heavy atom. The maximum atomic E-state index is 12.2. The van der Waals surface area contributed by atoms with Crippen molar-refractivity contribution in [2.75, 3.05) is 6.61 Å². The number of carbonyl (C=O) groups is 2. The number of carbonyl (C=O) groups excluding carboxylic acids is 2. The monoisotopic (exact) mass is 301 g/mol. The molecule has 2 rings (SSSR count). The van der Waals surface area contributed by atoms with Crippen molar-refractivity contribution in [1.29, 1.82) is 0 Å². The fraction of sp³-hybridized carbons (Fsp3) is 0.375. The number of hydrogen-bond donors (Lipinski definition) is 0. The predicted octanol–water partition coefficient (Wildman–Crippen LogP) is 2.34. The molecule has 2 heterocycles. The van der Waals surface area contributed by atoms with E-state index in [1.807, 2.05) is 19.9 Å². The molecule has 22 heavy (non-hydrogen) atoms. The summed E-state index contributed by atoms with van der Waals surface area (Å²) in [5, 5.41) is 0. The molecule has 0 aliphatic carbocycles. The fourth-order valence-electron chi connectivity index (χ4n) is 2.34. The molecule has 6 nitrogen and oxygen atoms in total. The summed E-state index contributed by atoms with van der Waals surface area (Å²) in [6.45, 7) is 6.52. The second-order valence-electron chi connectivity index (χ2n) is 5.03. The summed E-state index contributed by atoms with van der Waals surface area (Å²) in [6, 6.07) is 1.84. The van der Waals surface area contributed by atoms with Gasteiger partial charge in [-0.25, -0.2) is 9.78 Å². The molecule has 0 fully saturated rings. The van der Waals surface area contributed by atoms with E-state index in [4.69, 9.17) is 4.74 Å². The number of aryl methyl sites for hydroxylation is 1. The Bertz CT molecular complexity index is 677. The minimum Gasteiger partial charge on any atom is -0.453 e. The van der Waals surface area contributed by atoms with Crippen LogP contribution >= 0.6 is 0 Å². The number of Topliss-reactive ketones (excluding diaryl/α,β-unsaturated/α-hetero) is 1. The average Bonchev–Trinajstić information content (AvgIpc) is 2.81. The van der Waals surface area contributed by atoms with Crippen molar-refractivity contribution < 1.29 is 14.3 Å². The molecule has 2 aromatic heterocycles. The SMILES string of the molecule is CCCn1c(C)cc(C(=O)COC(=O)c2cnccn2)c1C. The van der Waals surface area contributed by atoms with Gasteiger partial charge in [-0.2, -0.15) is 0 Å². The third-order valence-electron chi connectivity index (χ3n) is 3.43. The van der Waals surface area contributed by atoms with Crippen molar-refractivity contribution in [3.63, 3.8) is 0 Å². The van der Waals surface area contributed by atoms with E-state index in [0.717, 1.165) is 24.4 Å². The Morgan fingerprint density at radius 2 is 2.05 bits per heavy atom. The lowest BCUT2D eigenvalue weighted by Gasteiger charge is -2.08. The van der Waals surface area contributed by atoms with Crippen LogP contribution in [0.1, 0.15) is 45.6 Å². The predicted molar refractivity (Wildman–Crippen MR) is 80.8 cm³/mol. The van der Waals surface area contributed by atoms with Crippen molar-refractivity contribution >= 4 is 11.8 Å². The second-order valence-corrected chi connectivity index (χ2v) is 5.03. The van der Waals surface area contributed by atoms with E-state index in [0.29, 0.717) is 5.56 Å². The van der Waals surface area contributed by atoms with Gasteiger partial charge in [0.15, 0.2) is 12.3 Å². The highest BCUT2D eigenvalue weighted by atomic mass is 16.5. The molecule has 0 aliphatic heterocycles. The van der Waals surface area contributed by atoms with Crippen LogP contribution < -0.4 is 0 Å². The molecule has 0 N–H and O–H groups in total. The van der Waals surface area contributed by atoms with Gasteiger partial charge in [-0.1, -0.05) is 6.92 Å². The lowest BCUT2D eigenvalue weighted by molar-refractivity contribution is 0.0468. The summed E-state index contributed by atoms with van der Waals surface area (Å²) in [6.07, 6.45) is 5.16. The van der Waals surface area contributed by atoms with Gasteiger partial charge in [0.05, 0.1) is 6.20 Å². The van der Waals surface area contributed by atoms with Crippen LogP contribution in [0.2, 0.25) is 0 Å². The van der Waals surface area contributed by atoms with Gasteiger partial charge in [0.2, 0.25) is 5.78 Å². The summed E-state index contributed by atoms with van der Waals surface area (Å²) in [5.41, 5.74) is 2.62. The first-order chi connectivity index (χ1) is 10.5. The maximum absolute atomic E-state index is 12.2. The Morgan fingerprint density at radius 3 is 2.68 bits per heavy atom. The molecule has 0 spiro atoms. The molecule has 0 bridgehead atoms.